The second-order valence-corrected chi connectivity index (χ2v) is 4.98. The molecule has 110 valence electrons. The van der Waals surface area contributed by atoms with Crippen molar-refractivity contribution in [2.24, 2.45) is 0 Å². The summed E-state index contributed by atoms with van der Waals surface area (Å²) in [7, 11) is 0. The van der Waals surface area contributed by atoms with Gasteiger partial charge in [0, 0.05) is 5.69 Å². The molecule has 0 bridgehead atoms. The van der Waals surface area contributed by atoms with Crippen molar-refractivity contribution in [3.63, 3.8) is 0 Å². The lowest BCUT2D eigenvalue weighted by atomic mass is 10.2. The fraction of sp³-hybridized carbons (Fsp3) is 0.118. The van der Waals surface area contributed by atoms with E-state index in [9.17, 15) is 4.79 Å². The van der Waals surface area contributed by atoms with Gasteiger partial charge < -0.3 is 9.73 Å². The van der Waals surface area contributed by atoms with E-state index >= 15 is 0 Å². The van der Waals surface area contributed by atoms with Crippen molar-refractivity contribution in [1.29, 1.82) is 0 Å². The van der Waals surface area contributed by atoms with E-state index in [4.69, 9.17) is 4.42 Å². The normalized spacial score (nSPS) is 10.4. The smallest absolute Gasteiger partial charge is 0.313 e. The lowest BCUT2D eigenvalue weighted by molar-refractivity contribution is 0.0988. The molecule has 0 aliphatic carbocycles. The largest absolute Gasteiger partial charge is 0.417 e. The Balaban J connectivity index is 1.67. The van der Waals surface area contributed by atoms with Crippen LogP contribution in [0.15, 0.2) is 59.0 Å². The molecular formula is C17H15N3O2. The van der Waals surface area contributed by atoms with Crippen LogP contribution in [-0.4, -0.2) is 16.1 Å². The molecule has 1 heterocycles. The molecule has 1 amide bonds. The highest BCUT2D eigenvalue weighted by Gasteiger charge is 2.15. The van der Waals surface area contributed by atoms with Gasteiger partial charge in [-0.25, -0.2) is 0 Å². The van der Waals surface area contributed by atoms with E-state index in [0.29, 0.717) is 18.0 Å². The number of aromatic nitrogens is 2. The van der Waals surface area contributed by atoms with Gasteiger partial charge in [0.05, 0.1) is 6.42 Å². The Morgan fingerprint density at radius 3 is 2.50 bits per heavy atom. The van der Waals surface area contributed by atoms with Gasteiger partial charge in [0.25, 0.3) is 0 Å². The average Bonchev–Trinajstić information content (AvgIpc) is 2.99. The Morgan fingerprint density at radius 2 is 1.77 bits per heavy atom. The zero-order chi connectivity index (χ0) is 15.4. The monoisotopic (exact) mass is 293 g/mol. The summed E-state index contributed by atoms with van der Waals surface area (Å²) >= 11 is 0. The SMILES string of the molecule is Cc1ccc(NC(=O)c2nnc(Cc3ccccc3)o2)cc1. The van der Waals surface area contributed by atoms with Crippen molar-refractivity contribution in [2.45, 2.75) is 13.3 Å². The number of aryl methyl sites for hydroxylation is 1. The summed E-state index contributed by atoms with van der Waals surface area (Å²) in [5.74, 6) is -0.0255. The molecule has 0 unspecified atom stereocenters. The fourth-order valence-electron chi connectivity index (χ4n) is 2.01. The first-order valence-corrected chi connectivity index (χ1v) is 6.95. The Hall–Kier alpha value is -2.95. The van der Waals surface area contributed by atoms with Crippen LogP contribution in [0.25, 0.3) is 0 Å². The number of hydrogen-bond donors (Lipinski definition) is 1. The average molecular weight is 293 g/mol. The molecule has 5 nitrogen and oxygen atoms in total. The molecule has 0 fully saturated rings. The van der Waals surface area contributed by atoms with E-state index in [2.05, 4.69) is 15.5 Å². The molecule has 0 spiro atoms. The van der Waals surface area contributed by atoms with Crippen LogP contribution >= 0.6 is 0 Å². The van der Waals surface area contributed by atoms with Crippen LogP contribution in [0.3, 0.4) is 0 Å². The van der Waals surface area contributed by atoms with Gasteiger partial charge in [-0.1, -0.05) is 48.0 Å². The molecule has 2 aromatic carbocycles. The van der Waals surface area contributed by atoms with Crippen molar-refractivity contribution >= 4 is 11.6 Å². The first kappa shape index (κ1) is 14.0. The third-order valence-electron chi connectivity index (χ3n) is 3.17. The van der Waals surface area contributed by atoms with Crippen LogP contribution in [0.5, 0.6) is 0 Å². The number of rotatable bonds is 4. The van der Waals surface area contributed by atoms with Crippen LogP contribution in [0, 0.1) is 6.92 Å². The number of nitrogens with zero attached hydrogens (tertiary/aromatic N) is 2. The molecule has 1 aromatic heterocycles. The molecule has 5 heteroatoms. The van der Waals surface area contributed by atoms with E-state index < -0.39 is 5.91 Å². The van der Waals surface area contributed by atoms with Crippen LogP contribution in [0.4, 0.5) is 5.69 Å². The van der Waals surface area contributed by atoms with Gasteiger partial charge in [0.2, 0.25) is 5.89 Å². The Kier molecular flexibility index (Phi) is 3.96. The Morgan fingerprint density at radius 1 is 1.05 bits per heavy atom. The highest BCUT2D eigenvalue weighted by molar-refractivity contribution is 6.00. The third-order valence-corrected chi connectivity index (χ3v) is 3.17. The number of amides is 1. The lowest BCUT2D eigenvalue weighted by Gasteiger charge is -2.02. The fourth-order valence-corrected chi connectivity index (χ4v) is 2.01. The maximum Gasteiger partial charge on any atom is 0.313 e. The molecule has 0 radical (unpaired) electrons. The van der Waals surface area contributed by atoms with Crippen molar-refractivity contribution < 1.29 is 9.21 Å². The predicted molar refractivity (Wildman–Crippen MR) is 82.7 cm³/mol. The second kappa shape index (κ2) is 6.22. The summed E-state index contributed by atoms with van der Waals surface area (Å²) in [5, 5.41) is 10.4. The predicted octanol–water partition coefficient (Wildman–Crippen LogP) is 3.22. The molecule has 0 atom stereocenters. The molecule has 3 aromatic rings. The third kappa shape index (κ3) is 3.38. The molecule has 22 heavy (non-hydrogen) atoms. The van der Waals surface area contributed by atoms with Crippen LogP contribution < -0.4 is 5.32 Å². The summed E-state index contributed by atoms with van der Waals surface area (Å²) in [5.41, 5.74) is 2.87. The molecule has 1 N–H and O–H groups in total. The van der Waals surface area contributed by atoms with Gasteiger partial charge in [-0.05, 0) is 24.6 Å². The quantitative estimate of drug-likeness (QED) is 0.802. The highest BCUT2D eigenvalue weighted by Crippen LogP contribution is 2.12. The summed E-state index contributed by atoms with van der Waals surface area (Å²) in [6.07, 6.45) is 0.506. The molecule has 3 rings (SSSR count). The van der Waals surface area contributed by atoms with Gasteiger partial charge in [-0.3, -0.25) is 4.79 Å². The zero-order valence-electron chi connectivity index (χ0n) is 12.1. The van der Waals surface area contributed by atoms with Gasteiger partial charge in [-0.15, -0.1) is 10.2 Å². The van der Waals surface area contributed by atoms with Gasteiger partial charge in [0.1, 0.15) is 0 Å². The van der Waals surface area contributed by atoms with E-state index in [1.54, 1.807) is 0 Å². The molecule has 0 aliphatic heterocycles. The van der Waals surface area contributed by atoms with Gasteiger partial charge >= 0.3 is 11.8 Å². The topological polar surface area (TPSA) is 68.0 Å². The number of anilines is 1. The first-order valence-electron chi connectivity index (χ1n) is 6.95. The number of carbonyl (C=O) groups excluding carboxylic acids is 1. The van der Waals surface area contributed by atoms with E-state index in [1.807, 2.05) is 61.5 Å². The Bertz CT molecular complexity index is 764. The summed E-state index contributed by atoms with van der Waals surface area (Å²) in [4.78, 5) is 12.1. The minimum absolute atomic E-state index is 0.0356. The van der Waals surface area contributed by atoms with E-state index in [1.165, 1.54) is 0 Å². The Labute approximate surface area is 128 Å². The molecule has 0 saturated carbocycles. The summed E-state index contributed by atoms with van der Waals surface area (Å²) in [6.45, 7) is 1.99. The maximum atomic E-state index is 12.1. The van der Waals surface area contributed by atoms with Crippen LogP contribution in [-0.2, 0) is 6.42 Å². The standard InChI is InChI=1S/C17H15N3O2/c1-12-7-9-14(10-8-12)18-16(21)17-20-19-15(22-17)11-13-5-3-2-4-6-13/h2-10H,11H2,1H3,(H,18,21). The van der Waals surface area contributed by atoms with Crippen LogP contribution in [0.2, 0.25) is 0 Å². The molecule has 0 aliphatic rings. The highest BCUT2D eigenvalue weighted by atomic mass is 16.4. The molecule has 0 saturated heterocycles. The minimum atomic E-state index is -0.407. The lowest BCUT2D eigenvalue weighted by Crippen LogP contribution is -2.12. The summed E-state index contributed by atoms with van der Waals surface area (Å²) in [6, 6.07) is 17.3. The van der Waals surface area contributed by atoms with Crippen molar-refractivity contribution in [2.75, 3.05) is 5.32 Å². The van der Waals surface area contributed by atoms with Gasteiger partial charge in [0.15, 0.2) is 0 Å². The van der Waals surface area contributed by atoms with Crippen LogP contribution in [0.1, 0.15) is 27.7 Å². The first-order chi connectivity index (χ1) is 10.7. The van der Waals surface area contributed by atoms with Crippen molar-refractivity contribution in [3.05, 3.63) is 77.5 Å². The van der Waals surface area contributed by atoms with Crippen molar-refractivity contribution in [1.82, 2.24) is 10.2 Å². The zero-order valence-corrected chi connectivity index (χ0v) is 12.1. The van der Waals surface area contributed by atoms with E-state index in [-0.39, 0.29) is 5.89 Å². The number of hydrogen-bond acceptors (Lipinski definition) is 4. The maximum absolute atomic E-state index is 12.1. The number of carbonyl (C=O) groups is 1. The summed E-state index contributed by atoms with van der Waals surface area (Å²) < 4.78 is 5.41. The second-order valence-electron chi connectivity index (χ2n) is 4.98. The van der Waals surface area contributed by atoms with Gasteiger partial charge in [-0.2, -0.15) is 0 Å². The van der Waals surface area contributed by atoms with E-state index in [0.717, 1.165) is 11.1 Å². The number of benzene rings is 2. The van der Waals surface area contributed by atoms with Crippen molar-refractivity contribution in [3.8, 4) is 0 Å². The molecular weight excluding hydrogens is 278 g/mol. The number of nitrogens with one attached hydrogen (secondary N) is 1. The minimum Gasteiger partial charge on any atom is -0.417 e.